The number of hydrogen-bond acceptors (Lipinski definition) is 5. The van der Waals surface area contributed by atoms with Gasteiger partial charge in [-0.05, 0) is 78.7 Å². The minimum atomic E-state index is -0.839. The van der Waals surface area contributed by atoms with Gasteiger partial charge in [0.05, 0.1) is 0 Å². The number of rotatable bonds is 16. The van der Waals surface area contributed by atoms with Crippen molar-refractivity contribution >= 4 is 40.3 Å². The maximum absolute atomic E-state index is 14.4. The summed E-state index contributed by atoms with van der Waals surface area (Å²) in [6.45, 7) is 0.629. The van der Waals surface area contributed by atoms with Gasteiger partial charge < -0.3 is 33.2 Å². The number of guanidine groups is 1. The second-order valence-corrected chi connectivity index (χ2v) is 14.6. The summed E-state index contributed by atoms with van der Waals surface area (Å²) in [5, 5.41) is 19.3. The normalized spacial score (nSPS) is 17.0. The van der Waals surface area contributed by atoms with E-state index in [1.165, 1.54) is 6.42 Å². The van der Waals surface area contributed by atoms with Crippen molar-refractivity contribution in [1.82, 2.24) is 16.0 Å². The lowest BCUT2D eigenvalue weighted by atomic mass is 9.76. The summed E-state index contributed by atoms with van der Waals surface area (Å²) in [5.74, 6) is -0.885. The molecular weight excluding hydrogens is 653 g/mol. The highest BCUT2D eigenvalue weighted by atomic mass is 16.2. The molecule has 0 saturated heterocycles. The van der Waals surface area contributed by atoms with Gasteiger partial charge in [0.25, 0.3) is 0 Å². The molecule has 278 valence electrons. The first kappa shape index (κ1) is 38.3. The topological polar surface area (TPSA) is 202 Å². The Bertz CT molecular complexity index is 1690. The molecule has 0 bridgehead atoms. The van der Waals surface area contributed by atoms with E-state index < -0.39 is 12.1 Å². The Hall–Kier alpha value is -4.93. The number of amidine groups is 1. The van der Waals surface area contributed by atoms with Crippen LogP contribution in [0.3, 0.4) is 0 Å². The highest BCUT2D eigenvalue weighted by Gasteiger charge is 2.37. The molecule has 0 spiro atoms. The fraction of sp³-hybridized carbons (Fsp3) is 0.488. The van der Waals surface area contributed by atoms with Crippen LogP contribution in [0.4, 0.5) is 0 Å². The Morgan fingerprint density at radius 1 is 0.750 bits per heavy atom. The largest absolute Gasteiger partial charge is 0.384 e. The summed E-state index contributed by atoms with van der Waals surface area (Å²) in [7, 11) is 0. The fourth-order valence-electron chi connectivity index (χ4n) is 8.00. The van der Waals surface area contributed by atoms with Crippen LogP contribution in [0.5, 0.6) is 0 Å². The van der Waals surface area contributed by atoms with E-state index in [1.807, 2.05) is 66.7 Å². The second-order valence-electron chi connectivity index (χ2n) is 14.6. The van der Waals surface area contributed by atoms with E-state index in [-0.39, 0.29) is 47.3 Å². The lowest BCUT2D eigenvalue weighted by Gasteiger charge is -2.34. The number of fused-ring (bicyclic) bond motifs is 1. The predicted molar refractivity (Wildman–Crippen MR) is 207 cm³/mol. The van der Waals surface area contributed by atoms with Crippen molar-refractivity contribution in [2.24, 2.45) is 39.9 Å². The summed E-state index contributed by atoms with van der Waals surface area (Å²) >= 11 is 0. The highest BCUT2D eigenvalue weighted by molar-refractivity contribution is 5.95. The first-order valence-corrected chi connectivity index (χ1v) is 19.0. The van der Waals surface area contributed by atoms with Crippen LogP contribution in [-0.2, 0) is 27.3 Å². The molecule has 0 aromatic heterocycles. The van der Waals surface area contributed by atoms with E-state index in [9.17, 15) is 14.4 Å². The van der Waals surface area contributed by atoms with Crippen LogP contribution in [0.2, 0.25) is 0 Å². The van der Waals surface area contributed by atoms with Crippen LogP contribution in [0, 0.1) is 23.2 Å². The molecule has 5 rings (SSSR count). The molecule has 2 fully saturated rings. The third kappa shape index (κ3) is 10.8. The number of hydrogen-bond donors (Lipinski definition) is 7. The smallest absolute Gasteiger partial charge is 0.243 e. The summed E-state index contributed by atoms with van der Waals surface area (Å²) in [4.78, 5) is 46.6. The van der Waals surface area contributed by atoms with Gasteiger partial charge in [0.1, 0.15) is 17.9 Å². The molecule has 3 atom stereocenters. The summed E-state index contributed by atoms with van der Waals surface area (Å²) in [6.07, 6.45) is 11.4. The van der Waals surface area contributed by atoms with Crippen LogP contribution in [0.25, 0.3) is 10.8 Å². The maximum atomic E-state index is 14.4. The number of carbonyl (C=O) groups is 3. The van der Waals surface area contributed by atoms with E-state index in [2.05, 4.69) is 20.9 Å². The van der Waals surface area contributed by atoms with Crippen molar-refractivity contribution in [3.63, 3.8) is 0 Å². The molecule has 3 aromatic carbocycles. The number of nitrogens with two attached hydrogens (primary N) is 3. The van der Waals surface area contributed by atoms with Crippen molar-refractivity contribution in [1.29, 1.82) is 5.41 Å². The van der Waals surface area contributed by atoms with E-state index >= 15 is 0 Å². The predicted octanol–water partition coefficient (Wildman–Crippen LogP) is 4.78. The average Bonchev–Trinajstić information content (AvgIpc) is 3.16. The van der Waals surface area contributed by atoms with Crippen molar-refractivity contribution < 1.29 is 14.4 Å². The Labute approximate surface area is 307 Å². The number of benzene rings is 3. The Morgan fingerprint density at radius 3 is 2.08 bits per heavy atom. The summed E-state index contributed by atoms with van der Waals surface area (Å²) in [5.41, 5.74) is 19.4. The van der Waals surface area contributed by atoms with Gasteiger partial charge in [0.2, 0.25) is 17.7 Å². The molecule has 0 heterocycles. The molecule has 0 radical (unpaired) electrons. The quantitative estimate of drug-likeness (QED) is 0.0634. The number of aliphatic imine (C=N–C) groups is 1. The third-order valence-corrected chi connectivity index (χ3v) is 10.9. The molecule has 2 unspecified atom stereocenters. The second kappa shape index (κ2) is 19.1. The molecule has 11 heteroatoms. The molecule has 52 heavy (non-hydrogen) atoms. The minimum absolute atomic E-state index is 0.00578. The van der Waals surface area contributed by atoms with Gasteiger partial charge in [0.15, 0.2) is 5.96 Å². The highest BCUT2D eigenvalue weighted by Crippen LogP contribution is 2.33. The number of amides is 3. The van der Waals surface area contributed by atoms with Crippen LogP contribution < -0.4 is 33.2 Å². The number of carbonyl (C=O) groups excluding carboxylic acids is 3. The van der Waals surface area contributed by atoms with Crippen LogP contribution in [0.1, 0.15) is 93.7 Å². The zero-order valence-corrected chi connectivity index (χ0v) is 30.2. The summed E-state index contributed by atoms with van der Waals surface area (Å²) < 4.78 is 0. The van der Waals surface area contributed by atoms with Crippen LogP contribution in [0.15, 0.2) is 71.7 Å². The van der Waals surface area contributed by atoms with Gasteiger partial charge in [-0.3, -0.25) is 24.8 Å². The van der Waals surface area contributed by atoms with E-state index in [0.717, 1.165) is 79.7 Å². The van der Waals surface area contributed by atoms with Crippen LogP contribution in [-0.4, -0.2) is 48.1 Å². The lowest BCUT2D eigenvalue weighted by Crippen LogP contribution is -2.57. The van der Waals surface area contributed by atoms with E-state index in [4.69, 9.17) is 22.6 Å². The van der Waals surface area contributed by atoms with Gasteiger partial charge in [-0.15, -0.1) is 0 Å². The van der Waals surface area contributed by atoms with E-state index in [1.54, 1.807) is 0 Å². The molecule has 2 aliphatic carbocycles. The third-order valence-electron chi connectivity index (χ3n) is 10.9. The van der Waals surface area contributed by atoms with Crippen molar-refractivity contribution in [2.45, 2.75) is 102 Å². The summed E-state index contributed by atoms with van der Waals surface area (Å²) in [6, 6.07) is 20.0. The molecule has 3 amide bonds. The number of nitrogens with one attached hydrogen (secondary N) is 4. The standard InChI is InChI=1S/C41H56N8O3/c42-37(43)31-22-20-27(21-23-31)25-34(29-11-3-1-4-12-29)38(50)49-36(30-14-5-2-6-15-30)40(52)48-35(19-10-24-46-41(44)45)39(51)47-26-32-17-9-16-28-13-7-8-18-33(28)32/h7-9,13,16-18,20-23,29-30,34-36H,1-6,10-12,14-15,19,24-26H2,(H3,42,43)(H,47,51)(H,48,52)(H,49,50)(H4,44,45,46)/t34?,35-,36?/m0/s1. The van der Waals surface area contributed by atoms with Gasteiger partial charge >= 0.3 is 0 Å². The molecule has 0 aliphatic heterocycles. The molecule has 2 saturated carbocycles. The van der Waals surface area contributed by atoms with Crippen molar-refractivity contribution in [3.05, 3.63) is 83.4 Å². The average molecular weight is 709 g/mol. The molecule has 10 N–H and O–H groups in total. The maximum Gasteiger partial charge on any atom is 0.243 e. The van der Waals surface area contributed by atoms with Gasteiger partial charge in [-0.2, -0.15) is 0 Å². The zero-order chi connectivity index (χ0) is 36.9. The van der Waals surface area contributed by atoms with Crippen molar-refractivity contribution in [2.75, 3.05) is 6.54 Å². The first-order valence-electron chi connectivity index (χ1n) is 19.0. The fourth-order valence-corrected chi connectivity index (χ4v) is 8.00. The molecule has 2 aliphatic rings. The molecular formula is C41H56N8O3. The van der Waals surface area contributed by atoms with E-state index in [0.29, 0.717) is 37.9 Å². The molecule has 3 aromatic rings. The Balaban J connectivity index is 1.34. The zero-order valence-electron chi connectivity index (χ0n) is 30.2. The Kier molecular flexibility index (Phi) is 14.0. The number of nitrogens with zero attached hydrogens (tertiary/aromatic N) is 1. The lowest BCUT2D eigenvalue weighted by molar-refractivity contribution is -0.135. The molecule has 11 nitrogen and oxygen atoms in total. The van der Waals surface area contributed by atoms with Gasteiger partial charge in [0, 0.05) is 24.6 Å². The van der Waals surface area contributed by atoms with Crippen molar-refractivity contribution in [3.8, 4) is 0 Å². The number of nitrogen functional groups attached to an aromatic ring is 1. The first-order chi connectivity index (χ1) is 25.2. The monoisotopic (exact) mass is 708 g/mol. The van der Waals surface area contributed by atoms with Gasteiger partial charge in [-0.1, -0.05) is 105 Å². The minimum Gasteiger partial charge on any atom is -0.384 e. The SMILES string of the molecule is N=C(N)c1ccc(CC(C(=O)NC(C(=O)N[C@@H](CCCN=C(N)N)C(=O)NCc2cccc3ccccc23)C2CCCCC2)C2CCCCC2)cc1. The van der Waals surface area contributed by atoms with Gasteiger partial charge in [-0.25, -0.2) is 0 Å². The van der Waals surface area contributed by atoms with Crippen LogP contribution >= 0.6 is 0 Å². The Morgan fingerprint density at radius 2 is 1.40 bits per heavy atom.